The van der Waals surface area contributed by atoms with Crippen LogP contribution in [0.4, 0.5) is 0 Å². The minimum atomic E-state index is -0.302. The van der Waals surface area contributed by atoms with Crippen molar-refractivity contribution in [3.63, 3.8) is 0 Å². The van der Waals surface area contributed by atoms with Crippen LogP contribution in [0.25, 0.3) is 10.9 Å². The molecule has 1 heterocycles. The monoisotopic (exact) mass is 259 g/mol. The number of rotatable bonds is 4. The molecule has 0 aliphatic carbocycles. The van der Waals surface area contributed by atoms with E-state index in [1.807, 2.05) is 6.07 Å². The Morgan fingerprint density at radius 1 is 1.32 bits per heavy atom. The summed E-state index contributed by atoms with van der Waals surface area (Å²) in [4.78, 5) is 13.7. The molecule has 5 nitrogen and oxygen atoms in total. The number of unbranched alkanes of at least 4 members (excludes halogenated alkanes) is 1. The van der Waals surface area contributed by atoms with E-state index in [9.17, 15) is 9.90 Å². The molecular weight excluding hydrogens is 242 g/mol. The number of nitrogens with zero attached hydrogens (tertiary/aromatic N) is 3. The van der Waals surface area contributed by atoms with Crippen LogP contribution in [0.1, 0.15) is 30.3 Å². The Labute approximate surface area is 111 Å². The summed E-state index contributed by atoms with van der Waals surface area (Å²) in [5, 5.41) is 18.5. The molecule has 0 aliphatic rings. The highest BCUT2D eigenvalue weighted by Crippen LogP contribution is 2.25. The van der Waals surface area contributed by atoms with Crippen LogP contribution in [0.15, 0.2) is 24.3 Å². The fourth-order valence-corrected chi connectivity index (χ4v) is 1.86. The van der Waals surface area contributed by atoms with Crippen molar-refractivity contribution in [2.75, 3.05) is 13.6 Å². The highest BCUT2D eigenvalue weighted by atomic mass is 16.3. The van der Waals surface area contributed by atoms with Gasteiger partial charge in [-0.2, -0.15) is 0 Å². The van der Waals surface area contributed by atoms with E-state index < -0.39 is 0 Å². The van der Waals surface area contributed by atoms with Crippen LogP contribution in [0, 0.1) is 0 Å². The molecule has 19 heavy (non-hydrogen) atoms. The molecule has 0 bridgehead atoms. The number of aromatic hydroxyl groups is 1. The quantitative estimate of drug-likeness (QED) is 0.914. The van der Waals surface area contributed by atoms with Gasteiger partial charge in [-0.05, 0) is 18.6 Å². The summed E-state index contributed by atoms with van der Waals surface area (Å²) >= 11 is 0. The lowest BCUT2D eigenvalue weighted by Gasteiger charge is -2.16. The summed E-state index contributed by atoms with van der Waals surface area (Å²) in [6.45, 7) is 2.70. The smallest absolute Gasteiger partial charge is 0.278 e. The molecule has 5 heteroatoms. The Hall–Kier alpha value is -2.17. The molecule has 1 aromatic heterocycles. The van der Waals surface area contributed by atoms with Gasteiger partial charge in [-0.1, -0.05) is 25.5 Å². The van der Waals surface area contributed by atoms with E-state index in [1.165, 1.54) is 0 Å². The Bertz CT molecular complexity index is 598. The average molecular weight is 259 g/mol. The van der Waals surface area contributed by atoms with Gasteiger partial charge in [0.1, 0.15) is 0 Å². The summed E-state index contributed by atoms with van der Waals surface area (Å²) in [5.41, 5.74) is 0.588. The minimum Gasteiger partial charge on any atom is -0.505 e. The topological polar surface area (TPSA) is 66.3 Å². The van der Waals surface area contributed by atoms with Gasteiger partial charge in [0.15, 0.2) is 11.4 Å². The van der Waals surface area contributed by atoms with Gasteiger partial charge in [-0.15, -0.1) is 10.2 Å². The van der Waals surface area contributed by atoms with E-state index in [2.05, 4.69) is 17.1 Å². The highest BCUT2D eigenvalue weighted by molar-refractivity contribution is 6.00. The molecule has 0 saturated carbocycles. The van der Waals surface area contributed by atoms with Crippen LogP contribution < -0.4 is 0 Å². The lowest BCUT2D eigenvalue weighted by atomic mass is 10.2. The van der Waals surface area contributed by atoms with Gasteiger partial charge >= 0.3 is 0 Å². The first-order chi connectivity index (χ1) is 9.15. The molecule has 0 fully saturated rings. The summed E-state index contributed by atoms with van der Waals surface area (Å²) < 4.78 is 0. The third kappa shape index (κ3) is 2.65. The van der Waals surface area contributed by atoms with Crippen LogP contribution in [0.3, 0.4) is 0 Å². The van der Waals surface area contributed by atoms with Crippen molar-refractivity contribution in [3.05, 3.63) is 30.0 Å². The van der Waals surface area contributed by atoms with E-state index in [-0.39, 0.29) is 17.4 Å². The predicted octanol–water partition coefficient (Wildman–Crippen LogP) is 2.21. The zero-order valence-corrected chi connectivity index (χ0v) is 11.1. The lowest BCUT2D eigenvalue weighted by molar-refractivity contribution is 0.0783. The summed E-state index contributed by atoms with van der Waals surface area (Å²) in [5.74, 6) is -0.400. The van der Waals surface area contributed by atoms with Crippen LogP contribution in [0.5, 0.6) is 5.75 Å². The lowest BCUT2D eigenvalue weighted by Crippen LogP contribution is -2.28. The van der Waals surface area contributed by atoms with Gasteiger partial charge in [0.25, 0.3) is 5.91 Å². The Morgan fingerprint density at radius 2 is 2.05 bits per heavy atom. The number of hydrogen-bond donors (Lipinski definition) is 1. The van der Waals surface area contributed by atoms with Gasteiger partial charge in [-0.25, -0.2) is 0 Å². The fourth-order valence-electron chi connectivity index (χ4n) is 1.86. The van der Waals surface area contributed by atoms with Crippen molar-refractivity contribution in [1.29, 1.82) is 0 Å². The number of benzene rings is 1. The number of amides is 1. The summed E-state index contributed by atoms with van der Waals surface area (Å²) in [6, 6.07) is 7.07. The van der Waals surface area contributed by atoms with E-state index >= 15 is 0 Å². The summed E-state index contributed by atoms with van der Waals surface area (Å²) in [7, 11) is 1.70. The third-order valence-corrected chi connectivity index (χ3v) is 3.04. The first kappa shape index (κ1) is 13.3. The van der Waals surface area contributed by atoms with Gasteiger partial charge in [0.05, 0.1) is 5.52 Å². The van der Waals surface area contributed by atoms with Crippen molar-refractivity contribution in [2.24, 2.45) is 0 Å². The largest absolute Gasteiger partial charge is 0.505 e. The number of fused-ring (bicyclic) bond motifs is 1. The maximum absolute atomic E-state index is 12.2. The van der Waals surface area contributed by atoms with E-state index in [1.54, 1.807) is 30.1 Å². The molecule has 0 unspecified atom stereocenters. The maximum Gasteiger partial charge on any atom is 0.278 e. The van der Waals surface area contributed by atoms with Crippen molar-refractivity contribution >= 4 is 16.8 Å². The maximum atomic E-state index is 12.2. The Balaban J connectivity index is 2.35. The molecule has 2 aromatic rings. The van der Waals surface area contributed by atoms with E-state index in [0.29, 0.717) is 17.4 Å². The Kier molecular flexibility index (Phi) is 3.94. The van der Waals surface area contributed by atoms with Crippen LogP contribution >= 0.6 is 0 Å². The predicted molar refractivity (Wildman–Crippen MR) is 73.1 cm³/mol. The number of aromatic nitrogens is 2. The first-order valence-corrected chi connectivity index (χ1v) is 6.35. The van der Waals surface area contributed by atoms with Crippen molar-refractivity contribution < 1.29 is 9.90 Å². The summed E-state index contributed by atoms with van der Waals surface area (Å²) in [6.07, 6.45) is 1.93. The van der Waals surface area contributed by atoms with Crippen molar-refractivity contribution in [2.45, 2.75) is 19.8 Å². The number of hydrogen-bond acceptors (Lipinski definition) is 4. The molecule has 0 spiro atoms. The van der Waals surface area contributed by atoms with Gasteiger partial charge in [-0.3, -0.25) is 4.79 Å². The number of carbonyl (C=O) groups is 1. The van der Waals surface area contributed by atoms with Crippen LogP contribution in [0.2, 0.25) is 0 Å². The average Bonchev–Trinajstić information content (AvgIpc) is 2.44. The molecule has 0 radical (unpaired) electrons. The molecule has 1 amide bonds. The normalized spacial score (nSPS) is 10.6. The molecular formula is C14H17N3O2. The molecule has 2 rings (SSSR count). The fraction of sp³-hybridized carbons (Fsp3) is 0.357. The molecule has 100 valence electrons. The molecule has 1 N–H and O–H groups in total. The van der Waals surface area contributed by atoms with Crippen molar-refractivity contribution in [1.82, 2.24) is 15.1 Å². The van der Waals surface area contributed by atoms with Crippen LogP contribution in [-0.4, -0.2) is 39.7 Å². The standard InChI is InChI=1S/C14H17N3O2/c1-3-4-9-17(2)14(19)12-13(18)10-7-5-6-8-11(10)15-16-12/h5-8H,3-4,9H2,1-2H3,(H,15,18). The minimum absolute atomic E-state index is 0.0114. The molecule has 0 saturated heterocycles. The third-order valence-electron chi connectivity index (χ3n) is 3.04. The molecule has 0 atom stereocenters. The molecule has 1 aromatic carbocycles. The first-order valence-electron chi connectivity index (χ1n) is 6.35. The zero-order valence-electron chi connectivity index (χ0n) is 11.1. The van der Waals surface area contributed by atoms with Gasteiger partial charge < -0.3 is 10.0 Å². The zero-order chi connectivity index (χ0) is 13.8. The second-order valence-electron chi connectivity index (χ2n) is 4.49. The van der Waals surface area contributed by atoms with E-state index in [4.69, 9.17) is 0 Å². The Morgan fingerprint density at radius 3 is 2.79 bits per heavy atom. The second-order valence-corrected chi connectivity index (χ2v) is 4.49. The number of carbonyl (C=O) groups excluding carboxylic acids is 1. The van der Waals surface area contributed by atoms with E-state index in [0.717, 1.165) is 12.8 Å². The highest BCUT2D eigenvalue weighted by Gasteiger charge is 2.19. The van der Waals surface area contributed by atoms with Crippen molar-refractivity contribution in [3.8, 4) is 5.75 Å². The second kappa shape index (κ2) is 5.65. The van der Waals surface area contributed by atoms with Gasteiger partial charge in [0.2, 0.25) is 0 Å². The van der Waals surface area contributed by atoms with Gasteiger partial charge in [0, 0.05) is 19.0 Å². The van der Waals surface area contributed by atoms with Crippen LogP contribution in [-0.2, 0) is 0 Å². The molecule has 0 aliphatic heterocycles. The SMILES string of the molecule is CCCCN(C)C(=O)c1nnc2ccccc2c1O.